The van der Waals surface area contributed by atoms with Crippen LogP contribution < -0.4 is 14.8 Å². The number of carbonyl (C=O) groups is 1. The number of aryl methyl sites for hydroxylation is 1. The highest BCUT2D eigenvalue weighted by atomic mass is 32.2. The van der Waals surface area contributed by atoms with Crippen LogP contribution in [-0.2, 0) is 16.4 Å². The second kappa shape index (κ2) is 9.38. The highest BCUT2D eigenvalue weighted by molar-refractivity contribution is 7.92. The van der Waals surface area contributed by atoms with Gasteiger partial charge in [0, 0.05) is 29.2 Å². The number of carbonyl (C=O) groups excluding carboxylic acids is 1. The van der Waals surface area contributed by atoms with Crippen LogP contribution in [0.25, 0.3) is 10.9 Å². The predicted molar refractivity (Wildman–Crippen MR) is 129 cm³/mol. The van der Waals surface area contributed by atoms with E-state index in [9.17, 15) is 13.2 Å². The van der Waals surface area contributed by atoms with E-state index in [1.54, 1.807) is 43.3 Å². The lowest BCUT2D eigenvalue weighted by molar-refractivity contribution is 0.0954. The summed E-state index contributed by atoms with van der Waals surface area (Å²) in [7, 11) is -2.46. The molecule has 33 heavy (non-hydrogen) atoms. The first kappa shape index (κ1) is 22.4. The quantitative estimate of drug-likeness (QED) is 0.364. The van der Waals surface area contributed by atoms with Gasteiger partial charge in [0.05, 0.1) is 17.7 Å². The number of para-hydroxylation sites is 3. The fourth-order valence-electron chi connectivity index (χ4n) is 3.71. The number of rotatable bonds is 8. The third-order valence-electron chi connectivity index (χ3n) is 5.45. The van der Waals surface area contributed by atoms with Gasteiger partial charge < -0.3 is 15.0 Å². The first-order valence-electron chi connectivity index (χ1n) is 10.5. The van der Waals surface area contributed by atoms with Crippen molar-refractivity contribution in [1.82, 2.24) is 10.3 Å². The number of benzene rings is 3. The maximum Gasteiger partial charge on any atom is 0.262 e. The average Bonchev–Trinajstić information content (AvgIpc) is 3.22. The lowest BCUT2D eigenvalue weighted by Gasteiger charge is -2.14. The SMILES string of the molecule is COc1ccccc1NS(=O)(=O)c1cc(C(=O)NCCc2c[nH]c3ccccc23)ccc1C. The van der Waals surface area contributed by atoms with Crippen LogP contribution in [-0.4, -0.2) is 33.0 Å². The third-order valence-corrected chi connectivity index (χ3v) is 6.95. The van der Waals surface area contributed by atoms with E-state index in [4.69, 9.17) is 4.74 Å². The van der Waals surface area contributed by atoms with Gasteiger partial charge in [0.2, 0.25) is 0 Å². The molecule has 0 spiro atoms. The Kier molecular flexibility index (Phi) is 6.37. The van der Waals surface area contributed by atoms with Gasteiger partial charge in [-0.05, 0) is 54.8 Å². The van der Waals surface area contributed by atoms with Crippen LogP contribution in [0.15, 0.2) is 77.8 Å². The molecule has 0 bridgehead atoms. The summed E-state index contributed by atoms with van der Waals surface area (Å²) in [5.41, 5.74) is 3.30. The molecule has 0 radical (unpaired) electrons. The number of fused-ring (bicyclic) bond motifs is 1. The van der Waals surface area contributed by atoms with Crippen molar-refractivity contribution < 1.29 is 17.9 Å². The summed E-state index contributed by atoms with van der Waals surface area (Å²) < 4.78 is 33.9. The molecule has 0 aliphatic heterocycles. The molecule has 3 N–H and O–H groups in total. The van der Waals surface area contributed by atoms with Gasteiger partial charge in [-0.25, -0.2) is 8.42 Å². The molecule has 7 nitrogen and oxygen atoms in total. The summed E-state index contributed by atoms with van der Waals surface area (Å²) in [6.07, 6.45) is 2.60. The van der Waals surface area contributed by atoms with E-state index in [1.165, 1.54) is 13.2 Å². The molecule has 0 aliphatic carbocycles. The molecule has 4 rings (SSSR count). The summed E-state index contributed by atoms with van der Waals surface area (Å²) in [5, 5.41) is 4.00. The predicted octanol–water partition coefficient (Wildman–Crippen LogP) is 4.26. The van der Waals surface area contributed by atoms with E-state index in [2.05, 4.69) is 15.0 Å². The zero-order valence-electron chi connectivity index (χ0n) is 18.4. The molecule has 170 valence electrons. The molecule has 0 unspecified atom stereocenters. The Hall–Kier alpha value is -3.78. The molecular formula is C25H25N3O4S. The molecular weight excluding hydrogens is 438 g/mol. The van der Waals surface area contributed by atoms with Gasteiger partial charge in [-0.1, -0.05) is 36.4 Å². The summed E-state index contributed by atoms with van der Waals surface area (Å²) in [4.78, 5) is 16.0. The number of aromatic nitrogens is 1. The molecule has 0 saturated heterocycles. The van der Waals surface area contributed by atoms with E-state index >= 15 is 0 Å². The maximum atomic E-state index is 13.1. The first-order chi connectivity index (χ1) is 15.9. The summed E-state index contributed by atoms with van der Waals surface area (Å²) in [6, 6.07) is 19.4. The lowest BCUT2D eigenvalue weighted by Crippen LogP contribution is -2.26. The van der Waals surface area contributed by atoms with Crippen molar-refractivity contribution in [3.8, 4) is 5.75 Å². The molecule has 1 aromatic heterocycles. The molecule has 0 fully saturated rings. The number of amides is 1. The Morgan fingerprint density at radius 3 is 2.61 bits per heavy atom. The molecule has 3 aromatic carbocycles. The Morgan fingerprint density at radius 2 is 1.79 bits per heavy atom. The molecule has 1 amide bonds. The van der Waals surface area contributed by atoms with E-state index in [0.717, 1.165) is 16.5 Å². The minimum absolute atomic E-state index is 0.0395. The van der Waals surface area contributed by atoms with Gasteiger partial charge in [0.15, 0.2) is 0 Å². The first-order valence-corrected chi connectivity index (χ1v) is 12.0. The van der Waals surface area contributed by atoms with Crippen molar-refractivity contribution in [2.24, 2.45) is 0 Å². The van der Waals surface area contributed by atoms with E-state index < -0.39 is 10.0 Å². The van der Waals surface area contributed by atoms with Crippen LogP contribution in [0, 0.1) is 6.92 Å². The van der Waals surface area contributed by atoms with E-state index in [-0.39, 0.29) is 16.4 Å². The number of sulfonamides is 1. The zero-order valence-corrected chi connectivity index (χ0v) is 19.2. The van der Waals surface area contributed by atoms with Crippen molar-refractivity contribution in [3.05, 3.63) is 89.6 Å². The Balaban J connectivity index is 1.48. The number of aromatic amines is 1. The Bertz CT molecular complexity index is 1410. The second-order valence-corrected chi connectivity index (χ2v) is 9.30. The molecule has 1 heterocycles. The van der Waals surface area contributed by atoms with Gasteiger partial charge in [0.25, 0.3) is 15.9 Å². The molecule has 0 atom stereocenters. The smallest absolute Gasteiger partial charge is 0.262 e. The van der Waals surface area contributed by atoms with Crippen LogP contribution >= 0.6 is 0 Å². The van der Waals surface area contributed by atoms with Crippen molar-refractivity contribution in [1.29, 1.82) is 0 Å². The largest absolute Gasteiger partial charge is 0.495 e. The second-order valence-electron chi connectivity index (χ2n) is 7.65. The van der Waals surface area contributed by atoms with Crippen LogP contribution in [0.2, 0.25) is 0 Å². The van der Waals surface area contributed by atoms with Crippen LogP contribution in [0.3, 0.4) is 0 Å². The van der Waals surface area contributed by atoms with Gasteiger partial charge in [0.1, 0.15) is 5.75 Å². The monoisotopic (exact) mass is 463 g/mol. The number of methoxy groups -OCH3 is 1. The number of anilines is 1. The Labute approximate surface area is 192 Å². The topological polar surface area (TPSA) is 100 Å². The fraction of sp³-hybridized carbons (Fsp3) is 0.160. The van der Waals surface area contributed by atoms with Gasteiger partial charge in [-0.3, -0.25) is 9.52 Å². The van der Waals surface area contributed by atoms with Crippen molar-refractivity contribution in [2.75, 3.05) is 18.4 Å². The normalized spacial score (nSPS) is 11.3. The van der Waals surface area contributed by atoms with Crippen LogP contribution in [0.1, 0.15) is 21.5 Å². The molecule has 0 saturated carbocycles. The standard InChI is InChI=1S/C25H25N3O4S/c1-17-11-12-18(15-24(17)33(30,31)28-22-9-5-6-10-23(22)32-2)25(29)26-14-13-19-16-27-21-8-4-3-7-20(19)21/h3-12,15-16,27-28H,13-14H2,1-2H3,(H,26,29). The minimum Gasteiger partial charge on any atom is -0.495 e. The Morgan fingerprint density at radius 1 is 1.03 bits per heavy atom. The van der Waals surface area contributed by atoms with Crippen LogP contribution in [0.4, 0.5) is 5.69 Å². The zero-order chi connectivity index (χ0) is 23.4. The number of nitrogens with one attached hydrogen (secondary N) is 3. The minimum atomic E-state index is -3.93. The molecule has 0 aliphatic rings. The van der Waals surface area contributed by atoms with E-state index in [1.807, 2.05) is 30.5 Å². The molecule has 8 heteroatoms. The van der Waals surface area contributed by atoms with Gasteiger partial charge in [-0.15, -0.1) is 0 Å². The van der Waals surface area contributed by atoms with Gasteiger partial charge in [-0.2, -0.15) is 0 Å². The highest BCUT2D eigenvalue weighted by Crippen LogP contribution is 2.27. The lowest BCUT2D eigenvalue weighted by atomic mass is 10.1. The average molecular weight is 464 g/mol. The van der Waals surface area contributed by atoms with E-state index in [0.29, 0.717) is 30.0 Å². The molecule has 4 aromatic rings. The maximum absolute atomic E-state index is 13.1. The third kappa shape index (κ3) is 4.85. The van der Waals surface area contributed by atoms with Crippen molar-refractivity contribution in [3.63, 3.8) is 0 Å². The van der Waals surface area contributed by atoms with Crippen molar-refractivity contribution in [2.45, 2.75) is 18.2 Å². The summed E-state index contributed by atoms with van der Waals surface area (Å²) >= 11 is 0. The van der Waals surface area contributed by atoms with Crippen molar-refractivity contribution >= 4 is 32.5 Å². The fourth-order valence-corrected chi connectivity index (χ4v) is 5.05. The summed E-state index contributed by atoms with van der Waals surface area (Å²) in [6.45, 7) is 2.12. The van der Waals surface area contributed by atoms with Gasteiger partial charge >= 0.3 is 0 Å². The number of hydrogen-bond acceptors (Lipinski definition) is 4. The highest BCUT2D eigenvalue weighted by Gasteiger charge is 2.21. The number of hydrogen-bond donors (Lipinski definition) is 3. The number of ether oxygens (including phenoxy) is 1. The summed E-state index contributed by atoms with van der Waals surface area (Å²) in [5.74, 6) is 0.0773. The van der Waals surface area contributed by atoms with Crippen LogP contribution in [0.5, 0.6) is 5.75 Å². The number of H-pyrrole nitrogens is 1.